The fraction of sp³-hybridized carbons (Fsp3) is 0.375. The number of alkyl carbamates (subject to hydrolysis) is 1. The van der Waals surface area contributed by atoms with Gasteiger partial charge in [0.25, 0.3) is 0 Å². The molecule has 0 aliphatic heterocycles. The second kappa shape index (κ2) is 8.53. The molecule has 3 rings (SSSR count). The lowest BCUT2D eigenvalue weighted by molar-refractivity contribution is 0.0512. The van der Waals surface area contributed by atoms with E-state index in [2.05, 4.69) is 10.4 Å². The average Bonchev–Trinajstić information content (AvgIpc) is 3.10. The number of ether oxygens (including phenoxy) is 2. The molecule has 0 saturated carbocycles. The van der Waals surface area contributed by atoms with Gasteiger partial charge in [-0.1, -0.05) is 30.3 Å². The summed E-state index contributed by atoms with van der Waals surface area (Å²) in [6.07, 6.45) is 0.553. The van der Waals surface area contributed by atoms with Crippen LogP contribution in [-0.2, 0) is 16.0 Å². The van der Waals surface area contributed by atoms with E-state index >= 15 is 0 Å². The molecule has 0 bridgehead atoms. The van der Waals surface area contributed by atoms with Crippen molar-refractivity contribution in [2.45, 2.75) is 59.3 Å². The number of amides is 1. The summed E-state index contributed by atoms with van der Waals surface area (Å²) in [5, 5.41) is 7.57. The van der Waals surface area contributed by atoms with Crippen LogP contribution in [0.1, 0.15) is 47.1 Å². The zero-order valence-corrected chi connectivity index (χ0v) is 19.4. The Morgan fingerprint density at radius 2 is 1.59 bits per heavy atom. The normalized spacial score (nSPS) is 11.9. The van der Waals surface area contributed by atoms with Crippen LogP contribution in [0.25, 0.3) is 22.0 Å². The first-order chi connectivity index (χ1) is 14.8. The molecule has 32 heavy (non-hydrogen) atoms. The van der Waals surface area contributed by atoms with E-state index in [-0.39, 0.29) is 0 Å². The molecule has 1 amide bonds. The Morgan fingerprint density at radius 3 is 2.19 bits per heavy atom. The number of benzene rings is 2. The molecule has 1 heterocycles. The Labute approximate surface area is 187 Å². The highest BCUT2D eigenvalue weighted by molar-refractivity contribution is 6.01. The molecule has 2 aromatic carbocycles. The smallest absolute Gasteiger partial charge is 0.435 e. The van der Waals surface area contributed by atoms with Gasteiger partial charge >= 0.3 is 12.2 Å². The van der Waals surface area contributed by atoms with E-state index < -0.39 is 23.4 Å². The molecule has 0 saturated heterocycles. The van der Waals surface area contributed by atoms with Gasteiger partial charge in [-0.25, -0.2) is 9.59 Å². The molecule has 1 aromatic heterocycles. The molecule has 0 fully saturated rings. The fourth-order valence-electron chi connectivity index (χ4n) is 3.12. The van der Waals surface area contributed by atoms with E-state index in [1.54, 1.807) is 33.0 Å². The first-order valence-corrected chi connectivity index (χ1v) is 10.4. The van der Waals surface area contributed by atoms with Crippen LogP contribution >= 0.6 is 0 Å². The first-order valence-electron chi connectivity index (χ1n) is 10.4. The summed E-state index contributed by atoms with van der Waals surface area (Å²) >= 11 is 0. The van der Waals surface area contributed by atoms with Crippen molar-refractivity contribution in [3.05, 3.63) is 48.2 Å². The minimum atomic E-state index is -0.624. The van der Waals surface area contributed by atoms with Crippen LogP contribution < -0.4 is 11.1 Å². The zero-order chi connectivity index (χ0) is 23.7. The lowest BCUT2D eigenvalue weighted by Gasteiger charge is -2.19. The van der Waals surface area contributed by atoms with Gasteiger partial charge in [-0.2, -0.15) is 9.78 Å². The highest BCUT2D eigenvalue weighted by atomic mass is 16.6. The van der Waals surface area contributed by atoms with Crippen LogP contribution in [0.15, 0.2) is 42.6 Å². The van der Waals surface area contributed by atoms with E-state index in [1.807, 2.05) is 51.1 Å². The Bertz CT molecular complexity index is 1140. The maximum atomic E-state index is 12.4. The molecule has 0 aliphatic carbocycles. The molecule has 0 radical (unpaired) electrons. The van der Waals surface area contributed by atoms with E-state index in [0.717, 1.165) is 16.7 Å². The molecule has 0 spiro atoms. The van der Waals surface area contributed by atoms with Crippen LogP contribution in [0.3, 0.4) is 0 Å². The van der Waals surface area contributed by atoms with Gasteiger partial charge in [0, 0.05) is 17.5 Å². The summed E-state index contributed by atoms with van der Waals surface area (Å²) in [7, 11) is 0. The number of anilines is 1. The van der Waals surface area contributed by atoms with Crippen LogP contribution in [0.4, 0.5) is 15.3 Å². The summed E-state index contributed by atoms with van der Waals surface area (Å²) in [4.78, 5) is 24.2. The van der Waals surface area contributed by atoms with E-state index in [9.17, 15) is 9.59 Å². The standard InChI is InChI=1S/C24H30N4O4/c1-23(2,3)31-21(29)26-13-15-7-9-16(10-8-15)17-11-12-19-18(20(17)25)14-27-28(19)22(30)32-24(4,5)6/h7-12,14H,13,25H2,1-6H3,(H,26,29). The van der Waals surface area contributed by atoms with Crippen molar-refractivity contribution in [2.24, 2.45) is 0 Å². The van der Waals surface area contributed by atoms with E-state index in [1.165, 1.54) is 4.68 Å². The first kappa shape index (κ1) is 23.1. The van der Waals surface area contributed by atoms with Crippen LogP contribution in [0.5, 0.6) is 0 Å². The van der Waals surface area contributed by atoms with Gasteiger partial charge < -0.3 is 20.5 Å². The third kappa shape index (κ3) is 5.57. The summed E-state index contributed by atoms with van der Waals surface area (Å²) in [6, 6.07) is 11.4. The van der Waals surface area contributed by atoms with Crippen LogP contribution in [-0.4, -0.2) is 33.2 Å². The Morgan fingerprint density at radius 1 is 0.969 bits per heavy atom. The molecule has 170 valence electrons. The number of hydrogen-bond acceptors (Lipinski definition) is 6. The minimum absolute atomic E-state index is 0.354. The summed E-state index contributed by atoms with van der Waals surface area (Å²) in [5.41, 5.74) is 9.02. The van der Waals surface area contributed by atoms with Crippen LogP contribution in [0, 0.1) is 0 Å². The topological polar surface area (TPSA) is 108 Å². The molecule has 3 aromatic rings. The molecule has 8 nitrogen and oxygen atoms in total. The van der Waals surface area contributed by atoms with Gasteiger partial charge in [0.2, 0.25) is 0 Å². The molecule has 0 atom stereocenters. The number of carbonyl (C=O) groups excluding carboxylic acids is 2. The predicted molar refractivity (Wildman–Crippen MR) is 124 cm³/mol. The van der Waals surface area contributed by atoms with Gasteiger partial charge in [0.05, 0.1) is 17.4 Å². The minimum Gasteiger partial charge on any atom is -0.444 e. The van der Waals surface area contributed by atoms with Crippen molar-refractivity contribution < 1.29 is 19.1 Å². The second-order valence-electron chi connectivity index (χ2n) is 9.55. The fourth-order valence-corrected chi connectivity index (χ4v) is 3.12. The lowest BCUT2D eigenvalue weighted by Crippen LogP contribution is -2.32. The molecular formula is C24H30N4O4. The average molecular weight is 439 g/mol. The predicted octanol–water partition coefficient (Wildman–Crippen LogP) is 5.09. The van der Waals surface area contributed by atoms with Crippen molar-refractivity contribution in [1.82, 2.24) is 15.1 Å². The third-order valence-electron chi connectivity index (χ3n) is 4.46. The number of carbonyl (C=O) groups is 2. The maximum absolute atomic E-state index is 12.4. The Balaban J connectivity index is 1.78. The van der Waals surface area contributed by atoms with Gasteiger partial charge in [-0.15, -0.1) is 0 Å². The van der Waals surface area contributed by atoms with Gasteiger partial charge in [0.1, 0.15) is 11.2 Å². The highest BCUT2D eigenvalue weighted by Gasteiger charge is 2.21. The Kier molecular flexibility index (Phi) is 6.16. The van der Waals surface area contributed by atoms with E-state index in [0.29, 0.717) is 23.1 Å². The Hall–Kier alpha value is -3.55. The molecule has 8 heteroatoms. The van der Waals surface area contributed by atoms with Gasteiger partial charge in [-0.05, 0) is 58.7 Å². The van der Waals surface area contributed by atoms with Crippen LogP contribution in [0.2, 0.25) is 0 Å². The number of nitrogens with one attached hydrogen (secondary N) is 1. The number of fused-ring (bicyclic) bond motifs is 1. The van der Waals surface area contributed by atoms with Crippen molar-refractivity contribution in [3.63, 3.8) is 0 Å². The molecule has 0 aliphatic rings. The second-order valence-corrected chi connectivity index (χ2v) is 9.55. The number of nitrogens with two attached hydrogens (primary N) is 1. The summed E-state index contributed by atoms with van der Waals surface area (Å²) in [5.74, 6) is 0. The number of hydrogen-bond donors (Lipinski definition) is 2. The van der Waals surface area contributed by atoms with Crippen molar-refractivity contribution >= 4 is 28.8 Å². The number of aromatic nitrogens is 2. The van der Waals surface area contributed by atoms with Gasteiger partial charge in [0.15, 0.2) is 0 Å². The molecular weight excluding hydrogens is 408 g/mol. The summed E-state index contributed by atoms with van der Waals surface area (Å²) < 4.78 is 11.9. The zero-order valence-electron chi connectivity index (χ0n) is 19.4. The van der Waals surface area contributed by atoms with Crippen molar-refractivity contribution in [1.29, 1.82) is 0 Å². The SMILES string of the molecule is CC(C)(C)OC(=O)NCc1ccc(-c2ccc3c(cnn3C(=O)OC(C)(C)C)c2N)cc1. The number of rotatable bonds is 3. The lowest BCUT2D eigenvalue weighted by atomic mass is 10.0. The molecule has 0 unspecified atom stereocenters. The quantitative estimate of drug-likeness (QED) is 0.551. The van der Waals surface area contributed by atoms with Crippen molar-refractivity contribution in [3.8, 4) is 11.1 Å². The summed E-state index contributed by atoms with van der Waals surface area (Å²) in [6.45, 7) is 11.2. The maximum Gasteiger partial charge on any atom is 0.435 e. The number of nitrogens with zero attached hydrogens (tertiary/aromatic N) is 2. The van der Waals surface area contributed by atoms with E-state index in [4.69, 9.17) is 15.2 Å². The van der Waals surface area contributed by atoms with Gasteiger partial charge in [-0.3, -0.25) is 0 Å². The molecule has 3 N–H and O–H groups in total. The number of nitrogen functional groups attached to an aromatic ring is 1. The monoisotopic (exact) mass is 438 g/mol. The van der Waals surface area contributed by atoms with Crippen molar-refractivity contribution in [2.75, 3.05) is 5.73 Å². The largest absolute Gasteiger partial charge is 0.444 e. The third-order valence-corrected chi connectivity index (χ3v) is 4.46. The highest BCUT2D eigenvalue weighted by Crippen LogP contribution is 2.33.